The first-order valence-corrected chi connectivity index (χ1v) is 9.09. The summed E-state index contributed by atoms with van der Waals surface area (Å²) in [4.78, 5) is 25.1. The molecule has 0 amide bonds. The van der Waals surface area contributed by atoms with Gasteiger partial charge in [-0.15, -0.1) is 0 Å². The summed E-state index contributed by atoms with van der Waals surface area (Å²) in [5, 5.41) is 0. The first-order chi connectivity index (χ1) is 10.4. The number of hydrogen-bond acceptors (Lipinski definition) is 2. The minimum absolute atomic E-state index is 0.0948. The van der Waals surface area contributed by atoms with Gasteiger partial charge >= 0.3 is 0 Å². The predicted octanol–water partition coefficient (Wildman–Crippen LogP) is 4.12. The zero-order valence-corrected chi connectivity index (χ0v) is 13.7. The molecule has 0 saturated heterocycles. The summed E-state index contributed by atoms with van der Waals surface area (Å²) in [7, 11) is 0. The summed E-state index contributed by atoms with van der Waals surface area (Å²) < 4.78 is 14.1. The average molecular weight is 306 g/mol. The third-order valence-corrected chi connectivity index (χ3v) is 8.06. The standard InChI is InChI=1S/C19H27FO2/c1-18-7-4-3-5-13(18)16(21)9-11-12(18)6-8-19(2)14(11)10-15(20)17(19)22/h11-15H,3-10H2,1-2H3/t11-,12-,13?,14+,15?,18-,19+/m1/s1. The Morgan fingerprint density at radius 1 is 1.05 bits per heavy atom. The van der Waals surface area contributed by atoms with Crippen molar-refractivity contribution in [3.8, 4) is 0 Å². The van der Waals surface area contributed by atoms with E-state index < -0.39 is 11.6 Å². The van der Waals surface area contributed by atoms with E-state index in [1.807, 2.05) is 6.92 Å². The lowest BCUT2D eigenvalue weighted by Gasteiger charge is -2.58. The molecule has 4 rings (SSSR count). The van der Waals surface area contributed by atoms with Crippen LogP contribution < -0.4 is 0 Å². The van der Waals surface area contributed by atoms with Gasteiger partial charge in [0.25, 0.3) is 0 Å². The number of carbonyl (C=O) groups is 2. The van der Waals surface area contributed by atoms with E-state index in [2.05, 4.69) is 6.92 Å². The molecule has 4 saturated carbocycles. The van der Waals surface area contributed by atoms with Crippen LogP contribution in [0.25, 0.3) is 0 Å². The summed E-state index contributed by atoms with van der Waals surface area (Å²) in [6.07, 6.45) is 6.10. The molecule has 122 valence electrons. The number of hydrogen-bond donors (Lipinski definition) is 0. The van der Waals surface area contributed by atoms with Crippen molar-refractivity contribution in [2.45, 2.75) is 71.4 Å². The maximum Gasteiger partial charge on any atom is 0.173 e. The van der Waals surface area contributed by atoms with E-state index in [9.17, 15) is 14.0 Å². The zero-order valence-electron chi connectivity index (χ0n) is 13.7. The van der Waals surface area contributed by atoms with Crippen molar-refractivity contribution in [1.29, 1.82) is 0 Å². The third kappa shape index (κ3) is 1.71. The molecule has 3 heteroatoms. The van der Waals surface area contributed by atoms with Gasteiger partial charge in [0.2, 0.25) is 0 Å². The summed E-state index contributed by atoms with van der Waals surface area (Å²) in [6.45, 7) is 4.29. The second-order valence-electron chi connectivity index (χ2n) is 8.88. The summed E-state index contributed by atoms with van der Waals surface area (Å²) >= 11 is 0. The highest BCUT2D eigenvalue weighted by molar-refractivity contribution is 5.91. The van der Waals surface area contributed by atoms with Crippen LogP contribution in [0.2, 0.25) is 0 Å². The Balaban J connectivity index is 1.71. The second-order valence-corrected chi connectivity index (χ2v) is 8.88. The van der Waals surface area contributed by atoms with Gasteiger partial charge in [-0.25, -0.2) is 4.39 Å². The number of Topliss-reactive ketones (excluding diaryl/α,β-unsaturated/α-hetero) is 2. The van der Waals surface area contributed by atoms with E-state index >= 15 is 0 Å². The summed E-state index contributed by atoms with van der Waals surface area (Å²) in [6, 6.07) is 0. The first-order valence-electron chi connectivity index (χ1n) is 9.09. The van der Waals surface area contributed by atoms with Crippen LogP contribution in [-0.4, -0.2) is 17.7 Å². The lowest BCUT2D eigenvalue weighted by Crippen LogP contribution is -2.55. The molecule has 2 nitrogen and oxygen atoms in total. The zero-order chi connectivity index (χ0) is 15.7. The Bertz CT molecular complexity index is 530. The highest BCUT2D eigenvalue weighted by Gasteiger charge is 2.63. The monoisotopic (exact) mass is 306 g/mol. The van der Waals surface area contributed by atoms with Crippen LogP contribution in [0.15, 0.2) is 0 Å². The van der Waals surface area contributed by atoms with Crippen LogP contribution in [-0.2, 0) is 9.59 Å². The van der Waals surface area contributed by atoms with Crippen LogP contribution in [0.1, 0.15) is 65.2 Å². The van der Waals surface area contributed by atoms with E-state index in [1.54, 1.807) is 0 Å². The quantitative estimate of drug-likeness (QED) is 0.675. The molecule has 4 aliphatic rings. The van der Waals surface area contributed by atoms with Crippen molar-refractivity contribution >= 4 is 11.6 Å². The van der Waals surface area contributed by atoms with E-state index in [0.717, 1.165) is 25.7 Å². The maximum absolute atomic E-state index is 14.1. The van der Waals surface area contributed by atoms with Crippen molar-refractivity contribution in [2.75, 3.05) is 0 Å². The Morgan fingerprint density at radius 2 is 1.82 bits per heavy atom. The Kier molecular flexibility index (Phi) is 3.13. The molecule has 7 atom stereocenters. The molecule has 22 heavy (non-hydrogen) atoms. The van der Waals surface area contributed by atoms with Crippen molar-refractivity contribution in [3.63, 3.8) is 0 Å². The van der Waals surface area contributed by atoms with Crippen molar-refractivity contribution in [1.82, 2.24) is 0 Å². The Hall–Kier alpha value is -0.730. The molecule has 0 bridgehead atoms. The third-order valence-electron chi connectivity index (χ3n) is 8.06. The fraction of sp³-hybridized carbons (Fsp3) is 0.895. The lowest BCUT2D eigenvalue weighted by atomic mass is 9.45. The number of ketones is 2. The van der Waals surface area contributed by atoms with E-state index in [-0.39, 0.29) is 29.0 Å². The van der Waals surface area contributed by atoms with Crippen molar-refractivity contribution < 1.29 is 14.0 Å². The number of rotatable bonds is 0. The van der Waals surface area contributed by atoms with Gasteiger partial charge in [0.1, 0.15) is 5.78 Å². The van der Waals surface area contributed by atoms with Crippen LogP contribution in [0.3, 0.4) is 0 Å². The smallest absolute Gasteiger partial charge is 0.173 e. The van der Waals surface area contributed by atoms with Crippen molar-refractivity contribution in [3.05, 3.63) is 0 Å². The Morgan fingerprint density at radius 3 is 2.59 bits per heavy atom. The van der Waals surface area contributed by atoms with Gasteiger partial charge in [-0.3, -0.25) is 9.59 Å². The number of alkyl halides is 1. The Labute approximate surface area is 132 Å². The van der Waals surface area contributed by atoms with Crippen LogP contribution in [0.4, 0.5) is 4.39 Å². The molecule has 4 fully saturated rings. The van der Waals surface area contributed by atoms with Gasteiger partial charge < -0.3 is 0 Å². The molecule has 4 aliphatic carbocycles. The van der Waals surface area contributed by atoms with E-state index in [0.29, 0.717) is 24.5 Å². The molecular formula is C19H27FO2. The van der Waals surface area contributed by atoms with Crippen LogP contribution >= 0.6 is 0 Å². The SMILES string of the molecule is C[C@]12CCCCC1C(=O)C[C@@H]1[C@H]2CC[C@]2(C)C(=O)C(F)C[C@@H]12. The van der Waals surface area contributed by atoms with Gasteiger partial charge in [-0.1, -0.05) is 26.7 Å². The average Bonchev–Trinajstić information content (AvgIpc) is 2.71. The largest absolute Gasteiger partial charge is 0.299 e. The van der Waals surface area contributed by atoms with Crippen LogP contribution in [0.5, 0.6) is 0 Å². The maximum atomic E-state index is 14.1. The number of carbonyl (C=O) groups excluding carboxylic acids is 2. The number of fused-ring (bicyclic) bond motifs is 5. The van der Waals surface area contributed by atoms with Crippen LogP contribution in [0, 0.1) is 34.5 Å². The van der Waals surface area contributed by atoms with Gasteiger partial charge in [0.05, 0.1) is 0 Å². The summed E-state index contributed by atoms with van der Waals surface area (Å²) in [5.41, 5.74) is -0.393. The molecule has 0 heterocycles. The molecule has 0 spiro atoms. The molecule has 0 N–H and O–H groups in total. The second kappa shape index (κ2) is 4.64. The molecule has 2 unspecified atom stereocenters. The van der Waals surface area contributed by atoms with Gasteiger partial charge in [0.15, 0.2) is 12.0 Å². The van der Waals surface area contributed by atoms with Gasteiger partial charge in [-0.05, 0) is 55.3 Å². The molecule has 0 aromatic carbocycles. The predicted molar refractivity (Wildman–Crippen MR) is 82.0 cm³/mol. The lowest BCUT2D eigenvalue weighted by molar-refractivity contribution is -0.155. The first kappa shape index (κ1) is 14.8. The van der Waals surface area contributed by atoms with Gasteiger partial charge in [0, 0.05) is 17.8 Å². The fourth-order valence-corrected chi connectivity index (χ4v) is 6.85. The molecule has 0 aliphatic heterocycles. The fourth-order valence-electron chi connectivity index (χ4n) is 6.85. The minimum atomic E-state index is -1.29. The van der Waals surface area contributed by atoms with E-state index in [4.69, 9.17) is 0 Å². The minimum Gasteiger partial charge on any atom is -0.299 e. The highest BCUT2D eigenvalue weighted by Crippen LogP contribution is 2.64. The highest BCUT2D eigenvalue weighted by atomic mass is 19.1. The summed E-state index contributed by atoms with van der Waals surface area (Å²) in [5.74, 6) is 1.31. The van der Waals surface area contributed by atoms with Gasteiger partial charge in [-0.2, -0.15) is 0 Å². The molecule has 0 aromatic heterocycles. The van der Waals surface area contributed by atoms with Crippen molar-refractivity contribution in [2.24, 2.45) is 34.5 Å². The number of halogens is 1. The normalized spacial score (nSPS) is 54.6. The molecule has 0 radical (unpaired) electrons. The van der Waals surface area contributed by atoms with E-state index in [1.165, 1.54) is 12.8 Å². The topological polar surface area (TPSA) is 34.1 Å². The molecular weight excluding hydrogens is 279 g/mol. The molecule has 0 aromatic rings.